The number of aliphatic carboxylic acids is 1. The Labute approximate surface area is 114 Å². The van der Waals surface area contributed by atoms with Crippen molar-refractivity contribution < 1.29 is 9.90 Å². The van der Waals surface area contributed by atoms with Crippen molar-refractivity contribution in [1.82, 2.24) is 0 Å². The molecule has 0 bridgehead atoms. The normalized spacial score (nSPS) is 21.1. The van der Waals surface area contributed by atoms with Crippen LogP contribution >= 0.6 is 0 Å². The molecule has 1 N–H and O–H groups in total. The number of carbonyl (C=O) groups is 1. The monoisotopic (exact) mass is 258 g/mol. The lowest BCUT2D eigenvalue weighted by Gasteiger charge is -2.28. The van der Waals surface area contributed by atoms with Crippen molar-refractivity contribution in [3.05, 3.63) is 34.9 Å². The van der Waals surface area contributed by atoms with Crippen LogP contribution in [-0.4, -0.2) is 11.1 Å². The first-order valence-corrected chi connectivity index (χ1v) is 7.60. The van der Waals surface area contributed by atoms with E-state index < -0.39 is 5.97 Å². The van der Waals surface area contributed by atoms with Crippen molar-refractivity contribution in [2.75, 3.05) is 0 Å². The highest BCUT2D eigenvalue weighted by molar-refractivity contribution is 5.76. The summed E-state index contributed by atoms with van der Waals surface area (Å²) < 4.78 is 0. The summed E-state index contributed by atoms with van der Waals surface area (Å²) >= 11 is 0. The van der Waals surface area contributed by atoms with E-state index in [1.807, 2.05) is 0 Å². The van der Waals surface area contributed by atoms with E-state index in [-0.39, 0.29) is 5.92 Å². The van der Waals surface area contributed by atoms with Gasteiger partial charge in [0.2, 0.25) is 0 Å². The fraction of sp³-hybridized carbons (Fsp3) is 0.588. The zero-order chi connectivity index (χ0) is 13.2. The minimum atomic E-state index is -0.634. The van der Waals surface area contributed by atoms with Crippen LogP contribution in [0.3, 0.4) is 0 Å². The van der Waals surface area contributed by atoms with Crippen LogP contribution in [0.15, 0.2) is 18.2 Å². The van der Waals surface area contributed by atoms with Crippen molar-refractivity contribution in [3.8, 4) is 0 Å². The molecular weight excluding hydrogens is 236 g/mol. The number of rotatable bonds is 3. The Hall–Kier alpha value is -1.31. The summed E-state index contributed by atoms with van der Waals surface area (Å²) in [6.07, 6.45) is 9.32. The first kappa shape index (κ1) is 12.7. The summed E-state index contributed by atoms with van der Waals surface area (Å²) in [7, 11) is 0. The van der Waals surface area contributed by atoms with Gasteiger partial charge in [0.1, 0.15) is 0 Å². The molecule has 102 valence electrons. The highest BCUT2D eigenvalue weighted by atomic mass is 16.4. The predicted octanol–water partition coefficient (Wildman–Crippen LogP) is 3.92. The highest BCUT2D eigenvalue weighted by Gasteiger charge is 2.31. The van der Waals surface area contributed by atoms with Crippen molar-refractivity contribution in [2.45, 2.75) is 57.3 Å². The molecule has 19 heavy (non-hydrogen) atoms. The van der Waals surface area contributed by atoms with E-state index in [2.05, 4.69) is 18.2 Å². The Morgan fingerprint density at radius 2 is 1.79 bits per heavy atom. The molecule has 0 heterocycles. The van der Waals surface area contributed by atoms with Crippen LogP contribution in [0.1, 0.15) is 61.1 Å². The van der Waals surface area contributed by atoms with Crippen molar-refractivity contribution in [3.63, 3.8) is 0 Å². The summed E-state index contributed by atoms with van der Waals surface area (Å²) in [6, 6.07) is 6.41. The molecule has 0 aromatic heterocycles. The molecule has 0 spiro atoms. The number of carboxylic acids is 1. The van der Waals surface area contributed by atoms with Crippen LogP contribution < -0.4 is 0 Å². The Bertz CT molecular complexity index is 472. The van der Waals surface area contributed by atoms with Crippen molar-refractivity contribution in [1.29, 1.82) is 0 Å². The molecule has 1 unspecified atom stereocenters. The molecule has 2 aliphatic rings. The van der Waals surface area contributed by atoms with Crippen LogP contribution in [0.5, 0.6) is 0 Å². The summed E-state index contributed by atoms with van der Waals surface area (Å²) in [5, 5.41) is 9.63. The fourth-order valence-corrected chi connectivity index (χ4v) is 3.87. The minimum absolute atomic E-state index is 0.286. The van der Waals surface area contributed by atoms with Crippen molar-refractivity contribution >= 4 is 5.97 Å². The van der Waals surface area contributed by atoms with Gasteiger partial charge in [-0.25, -0.2) is 0 Å². The average Bonchev–Trinajstić information content (AvgIpc) is 2.87. The molecule has 2 nitrogen and oxygen atoms in total. The molecule has 1 aromatic rings. The third-order valence-electron chi connectivity index (χ3n) is 4.87. The predicted molar refractivity (Wildman–Crippen MR) is 75.4 cm³/mol. The minimum Gasteiger partial charge on any atom is -0.481 e. The second kappa shape index (κ2) is 5.36. The Morgan fingerprint density at radius 1 is 1.05 bits per heavy atom. The van der Waals surface area contributed by atoms with Gasteiger partial charge in [-0.05, 0) is 54.7 Å². The van der Waals surface area contributed by atoms with Crippen molar-refractivity contribution in [2.24, 2.45) is 5.92 Å². The summed E-state index contributed by atoms with van der Waals surface area (Å²) in [4.78, 5) is 11.7. The molecule has 1 atom stereocenters. The Morgan fingerprint density at radius 3 is 2.53 bits per heavy atom. The summed E-state index contributed by atoms with van der Waals surface area (Å²) in [5.74, 6) is -0.582. The first-order valence-electron chi connectivity index (χ1n) is 7.60. The van der Waals surface area contributed by atoms with Gasteiger partial charge in [0.05, 0.1) is 5.92 Å². The Balaban J connectivity index is 1.89. The van der Waals surface area contributed by atoms with E-state index in [0.29, 0.717) is 5.92 Å². The third kappa shape index (κ3) is 2.54. The smallest absolute Gasteiger partial charge is 0.311 e. The highest BCUT2D eigenvalue weighted by Crippen LogP contribution is 2.37. The number of aryl methyl sites for hydroxylation is 2. The quantitative estimate of drug-likeness (QED) is 0.892. The lowest BCUT2D eigenvalue weighted by Crippen LogP contribution is -2.23. The summed E-state index contributed by atoms with van der Waals surface area (Å²) in [6.45, 7) is 0. The van der Waals surface area contributed by atoms with E-state index in [4.69, 9.17) is 0 Å². The molecule has 2 heteroatoms. The number of carboxylic acid groups (broad SMARTS) is 1. The SMILES string of the molecule is O=C(O)C(c1ccc2c(c1)CCC2)C1CCCCC1. The average molecular weight is 258 g/mol. The van der Waals surface area contributed by atoms with E-state index in [0.717, 1.165) is 31.2 Å². The molecule has 0 amide bonds. The van der Waals surface area contributed by atoms with E-state index in [1.165, 1.54) is 36.8 Å². The number of benzene rings is 1. The van der Waals surface area contributed by atoms with Gasteiger partial charge in [-0.1, -0.05) is 37.5 Å². The van der Waals surface area contributed by atoms with E-state index in [1.54, 1.807) is 0 Å². The van der Waals surface area contributed by atoms with E-state index in [9.17, 15) is 9.90 Å². The van der Waals surface area contributed by atoms with Gasteiger partial charge in [0, 0.05) is 0 Å². The molecule has 0 aliphatic heterocycles. The second-order valence-electron chi connectivity index (χ2n) is 6.10. The Kier molecular flexibility index (Phi) is 3.58. The number of fused-ring (bicyclic) bond motifs is 1. The van der Waals surface area contributed by atoms with Gasteiger partial charge in [0.25, 0.3) is 0 Å². The zero-order valence-electron chi connectivity index (χ0n) is 11.4. The van der Waals surface area contributed by atoms with Gasteiger partial charge in [-0.3, -0.25) is 4.79 Å². The fourth-order valence-electron chi connectivity index (χ4n) is 3.87. The van der Waals surface area contributed by atoms with Crippen LogP contribution in [0.2, 0.25) is 0 Å². The number of hydrogen-bond donors (Lipinski definition) is 1. The largest absolute Gasteiger partial charge is 0.481 e. The lowest BCUT2D eigenvalue weighted by molar-refractivity contribution is -0.140. The summed E-state index contributed by atoms with van der Waals surface area (Å²) in [5.41, 5.74) is 3.86. The maximum absolute atomic E-state index is 11.7. The molecule has 1 saturated carbocycles. The topological polar surface area (TPSA) is 37.3 Å². The molecule has 3 rings (SSSR count). The van der Waals surface area contributed by atoms with Crippen LogP contribution in [0, 0.1) is 5.92 Å². The van der Waals surface area contributed by atoms with Gasteiger partial charge in [-0.15, -0.1) is 0 Å². The van der Waals surface area contributed by atoms with Crippen LogP contribution in [-0.2, 0) is 17.6 Å². The molecule has 2 aliphatic carbocycles. The number of hydrogen-bond acceptors (Lipinski definition) is 1. The first-order chi connectivity index (χ1) is 9.25. The maximum atomic E-state index is 11.7. The molecule has 1 fully saturated rings. The van der Waals surface area contributed by atoms with E-state index >= 15 is 0 Å². The molecule has 0 saturated heterocycles. The molecule has 1 aromatic carbocycles. The molecule has 0 radical (unpaired) electrons. The van der Waals surface area contributed by atoms with Crippen LogP contribution in [0.4, 0.5) is 0 Å². The van der Waals surface area contributed by atoms with Gasteiger partial charge < -0.3 is 5.11 Å². The van der Waals surface area contributed by atoms with Gasteiger partial charge in [-0.2, -0.15) is 0 Å². The third-order valence-corrected chi connectivity index (χ3v) is 4.87. The molecular formula is C17H22O2. The van der Waals surface area contributed by atoms with Gasteiger partial charge in [0.15, 0.2) is 0 Å². The second-order valence-corrected chi connectivity index (χ2v) is 6.10. The zero-order valence-corrected chi connectivity index (χ0v) is 11.4. The standard InChI is InChI=1S/C17H22O2/c18-17(19)16(13-5-2-1-3-6-13)15-10-9-12-7-4-8-14(12)11-15/h9-11,13,16H,1-8H2,(H,18,19). The lowest BCUT2D eigenvalue weighted by atomic mass is 9.76. The maximum Gasteiger partial charge on any atom is 0.311 e. The van der Waals surface area contributed by atoms with Gasteiger partial charge >= 0.3 is 5.97 Å². The van der Waals surface area contributed by atoms with Crippen LogP contribution in [0.25, 0.3) is 0 Å².